The molecule has 1 atom stereocenters. The lowest BCUT2D eigenvalue weighted by atomic mass is 10.1. The molecule has 1 aliphatic rings. The third-order valence-corrected chi connectivity index (χ3v) is 4.10. The summed E-state index contributed by atoms with van der Waals surface area (Å²) >= 11 is 0. The summed E-state index contributed by atoms with van der Waals surface area (Å²) in [6.45, 7) is 4.49. The number of hydrogen-bond donors (Lipinski definition) is 3. The Bertz CT molecular complexity index is 785. The van der Waals surface area contributed by atoms with E-state index in [9.17, 15) is 9.59 Å². The highest BCUT2D eigenvalue weighted by molar-refractivity contribution is 6.00. The van der Waals surface area contributed by atoms with Crippen LogP contribution in [0.25, 0.3) is 0 Å². The zero-order valence-corrected chi connectivity index (χ0v) is 14.4. The van der Waals surface area contributed by atoms with Crippen LogP contribution in [0.4, 0.5) is 5.69 Å². The van der Waals surface area contributed by atoms with Crippen molar-refractivity contribution in [2.45, 2.75) is 19.4 Å². The fourth-order valence-corrected chi connectivity index (χ4v) is 2.81. The second-order valence-corrected chi connectivity index (χ2v) is 6.02. The normalized spacial score (nSPS) is 15.5. The van der Waals surface area contributed by atoms with Crippen LogP contribution in [0.15, 0.2) is 24.3 Å². The van der Waals surface area contributed by atoms with E-state index in [-0.39, 0.29) is 18.2 Å². The fourth-order valence-electron chi connectivity index (χ4n) is 2.81. The summed E-state index contributed by atoms with van der Waals surface area (Å²) in [6.07, 6.45) is -0.243. The smallest absolute Gasteiger partial charge is 0.311 e. The number of ether oxygens (including phenoxy) is 1. The molecule has 1 unspecified atom stereocenters. The molecule has 26 heavy (non-hydrogen) atoms. The third-order valence-electron chi connectivity index (χ3n) is 4.10. The SMILES string of the molecule is CC(NC(=O)c1ccccc1N1CCOCC1)c1n[nH]c(CC(=O)O)n1. The van der Waals surface area contributed by atoms with E-state index in [1.54, 1.807) is 13.0 Å². The van der Waals surface area contributed by atoms with Gasteiger partial charge >= 0.3 is 5.97 Å². The number of benzene rings is 1. The molecule has 0 saturated carbocycles. The Labute approximate surface area is 150 Å². The maximum Gasteiger partial charge on any atom is 0.311 e. The molecule has 1 aliphatic heterocycles. The van der Waals surface area contributed by atoms with Crippen molar-refractivity contribution in [1.82, 2.24) is 20.5 Å². The van der Waals surface area contributed by atoms with Gasteiger partial charge in [0.15, 0.2) is 5.82 Å². The second kappa shape index (κ2) is 7.96. The fraction of sp³-hybridized carbons (Fsp3) is 0.412. The molecule has 2 aromatic rings. The molecule has 2 heterocycles. The van der Waals surface area contributed by atoms with Gasteiger partial charge < -0.3 is 20.1 Å². The highest BCUT2D eigenvalue weighted by Crippen LogP contribution is 2.22. The van der Waals surface area contributed by atoms with E-state index in [0.29, 0.717) is 24.6 Å². The summed E-state index contributed by atoms with van der Waals surface area (Å²) in [7, 11) is 0. The van der Waals surface area contributed by atoms with E-state index in [1.165, 1.54) is 0 Å². The molecule has 1 saturated heterocycles. The number of nitrogens with one attached hydrogen (secondary N) is 2. The van der Waals surface area contributed by atoms with Gasteiger partial charge in [-0.3, -0.25) is 14.7 Å². The Morgan fingerprint density at radius 3 is 2.81 bits per heavy atom. The van der Waals surface area contributed by atoms with Crippen molar-refractivity contribution in [3.63, 3.8) is 0 Å². The van der Waals surface area contributed by atoms with Crippen LogP contribution in [0.1, 0.15) is 35.0 Å². The van der Waals surface area contributed by atoms with Crippen molar-refractivity contribution in [2.24, 2.45) is 0 Å². The van der Waals surface area contributed by atoms with E-state index in [1.807, 2.05) is 18.2 Å². The third kappa shape index (κ3) is 4.17. The Kier molecular flexibility index (Phi) is 5.47. The number of hydrogen-bond acceptors (Lipinski definition) is 6. The zero-order chi connectivity index (χ0) is 18.5. The molecule has 9 nitrogen and oxygen atoms in total. The number of H-pyrrole nitrogens is 1. The van der Waals surface area contributed by atoms with Crippen molar-refractivity contribution in [3.05, 3.63) is 41.5 Å². The molecular weight excluding hydrogens is 338 g/mol. The van der Waals surface area contributed by atoms with Crippen LogP contribution in [0.2, 0.25) is 0 Å². The molecule has 1 fully saturated rings. The van der Waals surface area contributed by atoms with Crippen molar-refractivity contribution < 1.29 is 19.4 Å². The number of aromatic nitrogens is 3. The first-order chi connectivity index (χ1) is 12.5. The number of nitrogens with zero attached hydrogens (tertiary/aromatic N) is 3. The number of carboxylic acids is 1. The standard InChI is InChI=1S/C17H21N5O4/c1-11(16-19-14(20-21-16)10-15(23)24)18-17(25)12-4-2-3-5-13(12)22-6-8-26-9-7-22/h2-5,11H,6-10H2,1H3,(H,18,25)(H,23,24)(H,19,20,21). The highest BCUT2D eigenvalue weighted by atomic mass is 16.5. The van der Waals surface area contributed by atoms with E-state index in [0.717, 1.165) is 18.8 Å². The monoisotopic (exact) mass is 359 g/mol. The van der Waals surface area contributed by atoms with Gasteiger partial charge in [-0.25, -0.2) is 4.98 Å². The summed E-state index contributed by atoms with van der Waals surface area (Å²) < 4.78 is 5.37. The van der Waals surface area contributed by atoms with Crippen LogP contribution >= 0.6 is 0 Å². The Hall–Kier alpha value is -2.94. The summed E-state index contributed by atoms with van der Waals surface area (Å²) in [4.78, 5) is 29.7. The minimum absolute atomic E-state index is 0.232. The van der Waals surface area contributed by atoms with Gasteiger partial charge in [0.05, 0.1) is 24.8 Å². The summed E-state index contributed by atoms with van der Waals surface area (Å²) in [6, 6.07) is 6.96. The molecule has 0 bridgehead atoms. The van der Waals surface area contributed by atoms with Gasteiger partial charge in [0, 0.05) is 18.8 Å². The lowest BCUT2D eigenvalue weighted by Crippen LogP contribution is -2.38. The van der Waals surface area contributed by atoms with Crippen LogP contribution < -0.4 is 10.2 Å². The first-order valence-corrected chi connectivity index (χ1v) is 8.40. The first-order valence-electron chi connectivity index (χ1n) is 8.40. The number of amides is 1. The molecule has 0 radical (unpaired) electrons. The van der Waals surface area contributed by atoms with Gasteiger partial charge in [0.1, 0.15) is 12.2 Å². The van der Waals surface area contributed by atoms with Gasteiger partial charge in [-0.05, 0) is 19.1 Å². The number of carboxylic acid groups (broad SMARTS) is 1. The molecule has 1 amide bonds. The van der Waals surface area contributed by atoms with Gasteiger partial charge in [0.25, 0.3) is 5.91 Å². The summed E-state index contributed by atoms with van der Waals surface area (Å²) in [5.74, 6) is -0.631. The van der Waals surface area contributed by atoms with E-state index < -0.39 is 12.0 Å². The number of rotatable bonds is 6. The van der Waals surface area contributed by atoms with Crippen LogP contribution in [-0.4, -0.2) is 58.5 Å². The van der Waals surface area contributed by atoms with E-state index in [2.05, 4.69) is 25.4 Å². The number of aliphatic carboxylic acids is 1. The summed E-state index contributed by atoms with van der Waals surface area (Å²) in [5.41, 5.74) is 1.43. The molecule has 0 aliphatic carbocycles. The second-order valence-electron chi connectivity index (χ2n) is 6.02. The number of carbonyl (C=O) groups is 2. The highest BCUT2D eigenvalue weighted by Gasteiger charge is 2.21. The maximum absolute atomic E-state index is 12.7. The van der Waals surface area contributed by atoms with Crippen LogP contribution in [-0.2, 0) is 16.0 Å². The van der Waals surface area contributed by atoms with Crippen molar-refractivity contribution >= 4 is 17.6 Å². The Balaban J connectivity index is 1.71. The van der Waals surface area contributed by atoms with Crippen molar-refractivity contribution in [1.29, 1.82) is 0 Å². The predicted octanol–water partition coefficient (Wildman–Crippen LogP) is 0.759. The van der Waals surface area contributed by atoms with Gasteiger partial charge in [-0.1, -0.05) is 12.1 Å². The lowest BCUT2D eigenvalue weighted by Gasteiger charge is -2.30. The van der Waals surface area contributed by atoms with Crippen LogP contribution in [0.3, 0.4) is 0 Å². The van der Waals surface area contributed by atoms with E-state index >= 15 is 0 Å². The molecule has 138 valence electrons. The minimum Gasteiger partial charge on any atom is -0.481 e. The summed E-state index contributed by atoms with van der Waals surface area (Å²) in [5, 5.41) is 18.2. The predicted molar refractivity (Wildman–Crippen MR) is 93.1 cm³/mol. The quantitative estimate of drug-likeness (QED) is 0.696. The lowest BCUT2D eigenvalue weighted by molar-refractivity contribution is -0.136. The van der Waals surface area contributed by atoms with Crippen molar-refractivity contribution in [3.8, 4) is 0 Å². The van der Waals surface area contributed by atoms with Gasteiger partial charge in [-0.2, -0.15) is 5.10 Å². The topological polar surface area (TPSA) is 120 Å². The molecular formula is C17H21N5O4. The van der Waals surface area contributed by atoms with Gasteiger partial charge in [-0.15, -0.1) is 0 Å². The molecule has 1 aromatic carbocycles. The number of para-hydroxylation sites is 1. The zero-order valence-electron chi connectivity index (χ0n) is 14.4. The maximum atomic E-state index is 12.7. The van der Waals surface area contributed by atoms with E-state index in [4.69, 9.17) is 9.84 Å². The molecule has 9 heteroatoms. The minimum atomic E-state index is -0.996. The van der Waals surface area contributed by atoms with Crippen molar-refractivity contribution in [2.75, 3.05) is 31.2 Å². The Morgan fingerprint density at radius 2 is 2.08 bits per heavy atom. The van der Waals surface area contributed by atoms with Crippen LogP contribution in [0, 0.1) is 0 Å². The molecule has 0 spiro atoms. The average Bonchev–Trinajstić information content (AvgIpc) is 3.10. The largest absolute Gasteiger partial charge is 0.481 e. The van der Waals surface area contributed by atoms with Gasteiger partial charge in [0.2, 0.25) is 0 Å². The average molecular weight is 359 g/mol. The molecule has 3 N–H and O–H groups in total. The molecule has 3 rings (SSSR count). The molecule has 1 aromatic heterocycles. The number of aromatic amines is 1. The van der Waals surface area contributed by atoms with Crippen LogP contribution in [0.5, 0.6) is 0 Å². The Morgan fingerprint density at radius 1 is 1.35 bits per heavy atom. The number of morpholine rings is 1. The first kappa shape index (κ1) is 17.9. The number of carbonyl (C=O) groups excluding carboxylic acids is 1. The number of anilines is 1.